The van der Waals surface area contributed by atoms with E-state index in [1.165, 1.54) is 5.56 Å². The normalized spacial score (nSPS) is 22.5. The Labute approximate surface area is 199 Å². The van der Waals surface area contributed by atoms with Crippen molar-refractivity contribution < 1.29 is 14.3 Å². The van der Waals surface area contributed by atoms with Crippen LogP contribution >= 0.6 is 0 Å². The second-order valence-electron chi connectivity index (χ2n) is 8.60. The molecule has 0 aliphatic carbocycles. The molecule has 178 valence electrons. The van der Waals surface area contributed by atoms with Crippen LogP contribution in [0.4, 0.5) is 0 Å². The van der Waals surface area contributed by atoms with Crippen LogP contribution < -0.4 is 25.6 Å². The number of hydrazone groups is 1. The van der Waals surface area contributed by atoms with Crippen LogP contribution in [0.25, 0.3) is 0 Å². The highest BCUT2D eigenvalue weighted by Crippen LogP contribution is 2.34. The molecule has 5 rings (SSSR count). The van der Waals surface area contributed by atoms with Crippen molar-refractivity contribution in [1.29, 1.82) is 0 Å². The third kappa shape index (κ3) is 4.51. The van der Waals surface area contributed by atoms with Gasteiger partial charge in [-0.1, -0.05) is 24.3 Å². The fraction of sp³-hybridized carbons (Fsp3) is 0.360. The molecule has 2 aromatic carbocycles. The SMILES string of the molecule is COc1ccc(C2CC3C4NN=C(CCC(=O)NCc5cccc(OC)c5)N4C=CN3N2)cc1. The summed E-state index contributed by atoms with van der Waals surface area (Å²) in [5, 5.41) is 9.68. The minimum absolute atomic E-state index is 0.00121. The van der Waals surface area contributed by atoms with E-state index in [0.717, 1.165) is 29.3 Å². The van der Waals surface area contributed by atoms with Gasteiger partial charge in [-0.25, -0.2) is 5.43 Å². The molecule has 3 heterocycles. The van der Waals surface area contributed by atoms with Crippen LogP contribution in [0.2, 0.25) is 0 Å². The molecule has 0 spiro atoms. The molecule has 1 fully saturated rings. The first-order chi connectivity index (χ1) is 16.6. The zero-order valence-corrected chi connectivity index (χ0v) is 19.4. The highest BCUT2D eigenvalue weighted by molar-refractivity contribution is 5.89. The van der Waals surface area contributed by atoms with Crippen LogP contribution in [0.1, 0.15) is 36.4 Å². The molecule has 2 aromatic rings. The van der Waals surface area contributed by atoms with E-state index in [2.05, 4.69) is 49.5 Å². The van der Waals surface area contributed by atoms with Crippen molar-refractivity contribution in [2.75, 3.05) is 14.2 Å². The van der Waals surface area contributed by atoms with E-state index < -0.39 is 0 Å². The van der Waals surface area contributed by atoms with Crippen LogP contribution in [-0.2, 0) is 11.3 Å². The maximum atomic E-state index is 12.4. The van der Waals surface area contributed by atoms with Gasteiger partial charge in [0.15, 0.2) is 0 Å². The Bertz CT molecular complexity index is 1090. The lowest BCUT2D eigenvalue weighted by atomic mass is 9.99. The second kappa shape index (κ2) is 9.64. The molecule has 3 aliphatic rings. The number of rotatable bonds is 8. The Kier molecular flexibility index (Phi) is 6.27. The van der Waals surface area contributed by atoms with E-state index in [4.69, 9.17) is 9.47 Å². The summed E-state index contributed by atoms with van der Waals surface area (Å²) < 4.78 is 10.5. The van der Waals surface area contributed by atoms with E-state index in [9.17, 15) is 4.79 Å². The van der Waals surface area contributed by atoms with E-state index in [-0.39, 0.29) is 24.2 Å². The van der Waals surface area contributed by atoms with Gasteiger partial charge in [0.25, 0.3) is 0 Å². The highest BCUT2D eigenvalue weighted by atomic mass is 16.5. The number of hydrazine groups is 1. The number of amidine groups is 1. The zero-order valence-electron chi connectivity index (χ0n) is 19.4. The quantitative estimate of drug-likeness (QED) is 0.555. The molecular formula is C25H30N6O3. The fourth-order valence-corrected chi connectivity index (χ4v) is 4.66. The lowest BCUT2D eigenvalue weighted by Gasteiger charge is -2.37. The summed E-state index contributed by atoms with van der Waals surface area (Å²) in [6.45, 7) is 0.475. The van der Waals surface area contributed by atoms with Crippen molar-refractivity contribution >= 4 is 11.7 Å². The summed E-state index contributed by atoms with van der Waals surface area (Å²) in [5.74, 6) is 2.52. The van der Waals surface area contributed by atoms with Crippen LogP contribution in [-0.4, -0.2) is 48.1 Å². The van der Waals surface area contributed by atoms with E-state index in [1.54, 1.807) is 14.2 Å². The molecule has 3 aliphatic heterocycles. The lowest BCUT2D eigenvalue weighted by Crippen LogP contribution is -2.54. The number of methoxy groups -OCH3 is 2. The van der Waals surface area contributed by atoms with Gasteiger partial charge in [0.1, 0.15) is 23.5 Å². The summed E-state index contributed by atoms with van der Waals surface area (Å²) in [6.07, 6.45) is 6.00. The molecular weight excluding hydrogens is 432 g/mol. The first-order valence-electron chi connectivity index (χ1n) is 11.5. The smallest absolute Gasteiger partial charge is 0.220 e. The number of hydrogen-bond acceptors (Lipinski definition) is 8. The topological polar surface area (TPSA) is 90.5 Å². The minimum atomic E-state index is -0.00121. The number of amides is 1. The van der Waals surface area contributed by atoms with Crippen LogP contribution in [0, 0.1) is 0 Å². The average molecular weight is 463 g/mol. The fourth-order valence-electron chi connectivity index (χ4n) is 4.66. The van der Waals surface area contributed by atoms with Crippen LogP contribution in [0.5, 0.6) is 11.5 Å². The van der Waals surface area contributed by atoms with Gasteiger partial charge in [-0.05, 0) is 41.8 Å². The van der Waals surface area contributed by atoms with Gasteiger partial charge in [-0.3, -0.25) is 10.2 Å². The van der Waals surface area contributed by atoms with Crippen molar-refractivity contribution in [2.24, 2.45) is 5.10 Å². The van der Waals surface area contributed by atoms with Crippen molar-refractivity contribution in [3.63, 3.8) is 0 Å². The molecule has 0 saturated carbocycles. The Morgan fingerprint density at radius 2 is 1.94 bits per heavy atom. The molecule has 1 saturated heterocycles. The molecule has 9 heteroatoms. The van der Waals surface area contributed by atoms with Crippen LogP contribution in [0.3, 0.4) is 0 Å². The predicted molar refractivity (Wildman–Crippen MR) is 129 cm³/mol. The molecule has 0 radical (unpaired) electrons. The van der Waals surface area contributed by atoms with Gasteiger partial charge in [0.2, 0.25) is 5.91 Å². The maximum Gasteiger partial charge on any atom is 0.220 e. The van der Waals surface area contributed by atoms with Gasteiger partial charge in [0, 0.05) is 31.8 Å². The van der Waals surface area contributed by atoms with E-state index >= 15 is 0 Å². The molecule has 3 N–H and O–H groups in total. The number of carbonyl (C=O) groups excluding carboxylic acids is 1. The number of hydrogen-bond donors (Lipinski definition) is 3. The zero-order chi connectivity index (χ0) is 23.5. The molecule has 0 aromatic heterocycles. The van der Waals surface area contributed by atoms with Gasteiger partial charge < -0.3 is 24.7 Å². The van der Waals surface area contributed by atoms with Crippen LogP contribution in [0.15, 0.2) is 66.0 Å². The summed E-state index contributed by atoms with van der Waals surface area (Å²) in [6, 6.07) is 16.3. The standard InChI is InChI=1S/C25H30N6O3/c1-33-19-8-6-18(7-9-19)21-15-22-25-28-27-23(30(25)12-13-31(22)29-21)10-11-24(32)26-16-17-4-3-5-20(14-17)34-2/h3-9,12-14,21-22,25,28-29H,10-11,15-16H2,1-2H3,(H,26,32). The second-order valence-corrected chi connectivity index (χ2v) is 8.60. The third-order valence-corrected chi connectivity index (χ3v) is 6.53. The predicted octanol–water partition coefficient (Wildman–Crippen LogP) is 2.45. The maximum absolute atomic E-state index is 12.4. The molecule has 3 atom stereocenters. The van der Waals surface area contributed by atoms with Crippen molar-refractivity contribution in [1.82, 2.24) is 26.1 Å². The summed E-state index contributed by atoms with van der Waals surface area (Å²) in [5.41, 5.74) is 9.09. The van der Waals surface area contributed by atoms with E-state index in [1.807, 2.05) is 42.6 Å². The summed E-state index contributed by atoms with van der Waals surface area (Å²) in [4.78, 5) is 14.6. The number of fused-ring (bicyclic) bond motifs is 3. The summed E-state index contributed by atoms with van der Waals surface area (Å²) in [7, 11) is 3.31. The third-order valence-electron chi connectivity index (χ3n) is 6.53. The van der Waals surface area contributed by atoms with Crippen molar-refractivity contribution in [3.05, 3.63) is 72.1 Å². The number of benzene rings is 2. The molecule has 0 bridgehead atoms. The number of carbonyl (C=O) groups is 1. The Hall–Kier alpha value is -3.72. The minimum Gasteiger partial charge on any atom is -0.497 e. The summed E-state index contributed by atoms with van der Waals surface area (Å²) >= 11 is 0. The molecule has 3 unspecified atom stereocenters. The number of nitrogens with one attached hydrogen (secondary N) is 3. The van der Waals surface area contributed by atoms with Crippen molar-refractivity contribution in [2.45, 2.75) is 44.1 Å². The first-order valence-corrected chi connectivity index (χ1v) is 11.5. The van der Waals surface area contributed by atoms with Gasteiger partial charge >= 0.3 is 0 Å². The average Bonchev–Trinajstić information content (AvgIpc) is 3.50. The first kappa shape index (κ1) is 22.1. The number of ether oxygens (including phenoxy) is 2. The van der Waals surface area contributed by atoms with Gasteiger partial charge in [-0.15, -0.1) is 0 Å². The molecule has 1 amide bonds. The van der Waals surface area contributed by atoms with Gasteiger partial charge in [0.05, 0.1) is 26.3 Å². The Balaban J connectivity index is 1.13. The van der Waals surface area contributed by atoms with Gasteiger partial charge in [-0.2, -0.15) is 5.10 Å². The number of nitrogens with zero attached hydrogens (tertiary/aromatic N) is 3. The Morgan fingerprint density at radius 1 is 1.12 bits per heavy atom. The highest BCUT2D eigenvalue weighted by Gasteiger charge is 2.44. The molecule has 34 heavy (non-hydrogen) atoms. The van der Waals surface area contributed by atoms with Crippen molar-refractivity contribution in [3.8, 4) is 11.5 Å². The monoisotopic (exact) mass is 462 g/mol. The molecule has 9 nitrogen and oxygen atoms in total. The largest absolute Gasteiger partial charge is 0.497 e. The Morgan fingerprint density at radius 3 is 2.74 bits per heavy atom. The lowest BCUT2D eigenvalue weighted by molar-refractivity contribution is -0.121. The van der Waals surface area contributed by atoms with E-state index in [0.29, 0.717) is 19.4 Å².